The van der Waals surface area contributed by atoms with Gasteiger partial charge in [0, 0.05) is 34.2 Å². The Bertz CT molecular complexity index is 1020. The van der Waals surface area contributed by atoms with E-state index in [0.29, 0.717) is 0 Å². The summed E-state index contributed by atoms with van der Waals surface area (Å²) >= 11 is 0. The fraction of sp³-hybridized carbons (Fsp3) is 0.0435. The van der Waals surface area contributed by atoms with Crippen molar-refractivity contribution in [2.45, 2.75) is 6.54 Å². The molecule has 0 unspecified atom stereocenters. The molecule has 0 bridgehead atoms. The molecule has 0 saturated heterocycles. The standard InChI is InChI=1S/C23H18NO.BrH/c25-23(20-8-2-1-3-9-20)21-14-12-18(13-15-21)17-24-16-6-10-19-7-4-5-11-22(19)24;/h1-16H,17H2;1H/q+1;/p-1. The fourth-order valence-corrected chi connectivity index (χ4v) is 3.07. The molecule has 2 nitrogen and oxygen atoms in total. The van der Waals surface area contributed by atoms with Crippen molar-refractivity contribution in [2.24, 2.45) is 0 Å². The maximum atomic E-state index is 12.5. The Kier molecular flexibility index (Phi) is 5.59. The Morgan fingerprint density at radius 2 is 1.31 bits per heavy atom. The summed E-state index contributed by atoms with van der Waals surface area (Å²) < 4.78 is 2.23. The van der Waals surface area contributed by atoms with E-state index in [4.69, 9.17) is 0 Å². The molecule has 0 aliphatic heterocycles. The summed E-state index contributed by atoms with van der Waals surface area (Å²) in [6.45, 7) is 0.779. The number of hydrogen-bond acceptors (Lipinski definition) is 1. The second-order valence-corrected chi connectivity index (χ2v) is 6.09. The minimum Gasteiger partial charge on any atom is -1.00 e. The van der Waals surface area contributed by atoms with Crippen molar-refractivity contribution < 1.29 is 26.3 Å². The maximum absolute atomic E-state index is 12.5. The Hall–Kier alpha value is -2.78. The van der Waals surface area contributed by atoms with Gasteiger partial charge in [-0.3, -0.25) is 4.79 Å². The first-order valence-corrected chi connectivity index (χ1v) is 8.37. The number of benzene rings is 3. The third-order valence-electron chi connectivity index (χ3n) is 4.39. The molecule has 1 aromatic heterocycles. The minimum absolute atomic E-state index is 0. The summed E-state index contributed by atoms with van der Waals surface area (Å²) in [7, 11) is 0. The normalized spacial score (nSPS) is 10.3. The van der Waals surface area contributed by atoms with Crippen LogP contribution < -0.4 is 21.5 Å². The first-order valence-electron chi connectivity index (χ1n) is 8.37. The molecule has 0 radical (unpaired) electrons. The van der Waals surface area contributed by atoms with Crippen LogP contribution in [-0.2, 0) is 6.54 Å². The highest BCUT2D eigenvalue weighted by Crippen LogP contribution is 2.12. The quantitative estimate of drug-likeness (QED) is 0.372. The Labute approximate surface area is 163 Å². The number of nitrogens with zero attached hydrogens (tertiary/aromatic N) is 1. The molecular formula is C23H18BrNO. The van der Waals surface area contributed by atoms with Crippen LogP contribution in [0.25, 0.3) is 10.9 Å². The lowest BCUT2D eigenvalue weighted by molar-refractivity contribution is -0.662. The molecule has 0 aliphatic rings. The van der Waals surface area contributed by atoms with E-state index in [1.807, 2.05) is 54.6 Å². The molecule has 3 aromatic carbocycles. The number of halogens is 1. The Morgan fingerprint density at radius 3 is 2.08 bits per heavy atom. The van der Waals surface area contributed by atoms with Crippen molar-refractivity contribution in [1.82, 2.24) is 0 Å². The zero-order valence-corrected chi connectivity index (χ0v) is 15.8. The number of ketones is 1. The molecule has 0 saturated carbocycles. The van der Waals surface area contributed by atoms with E-state index in [1.165, 1.54) is 16.5 Å². The predicted molar refractivity (Wildman–Crippen MR) is 99.6 cm³/mol. The second-order valence-electron chi connectivity index (χ2n) is 6.09. The van der Waals surface area contributed by atoms with E-state index in [0.717, 1.165) is 17.7 Å². The molecule has 0 fully saturated rings. The third-order valence-corrected chi connectivity index (χ3v) is 4.39. The lowest BCUT2D eigenvalue weighted by Gasteiger charge is -2.04. The Morgan fingerprint density at radius 1 is 0.692 bits per heavy atom. The smallest absolute Gasteiger partial charge is 0.212 e. The van der Waals surface area contributed by atoms with Crippen molar-refractivity contribution in [1.29, 1.82) is 0 Å². The number of carbonyl (C=O) groups is 1. The number of rotatable bonds is 4. The molecule has 0 spiro atoms. The zero-order valence-electron chi connectivity index (χ0n) is 14.2. The lowest BCUT2D eigenvalue weighted by Crippen LogP contribution is -3.00. The van der Waals surface area contributed by atoms with E-state index in [2.05, 4.69) is 47.2 Å². The highest BCUT2D eigenvalue weighted by Gasteiger charge is 2.11. The molecule has 0 atom stereocenters. The number of hydrogen-bond donors (Lipinski definition) is 0. The summed E-state index contributed by atoms with van der Waals surface area (Å²) in [5, 5.41) is 1.22. The van der Waals surface area contributed by atoms with E-state index >= 15 is 0 Å². The minimum atomic E-state index is 0. The van der Waals surface area contributed by atoms with Crippen LogP contribution in [0, 0.1) is 0 Å². The number of pyridine rings is 1. The Balaban J connectivity index is 0.00000196. The summed E-state index contributed by atoms with van der Waals surface area (Å²) in [6, 6.07) is 29.8. The van der Waals surface area contributed by atoms with E-state index in [9.17, 15) is 4.79 Å². The van der Waals surface area contributed by atoms with Crippen molar-refractivity contribution in [3.8, 4) is 0 Å². The van der Waals surface area contributed by atoms with Gasteiger partial charge in [-0.1, -0.05) is 66.7 Å². The van der Waals surface area contributed by atoms with E-state index < -0.39 is 0 Å². The fourth-order valence-electron chi connectivity index (χ4n) is 3.07. The summed E-state index contributed by atoms with van der Waals surface area (Å²) in [5.41, 5.74) is 3.82. The van der Waals surface area contributed by atoms with Gasteiger partial charge in [-0.05, 0) is 12.1 Å². The molecule has 0 aliphatic carbocycles. The number of aromatic nitrogens is 1. The molecule has 3 heteroatoms. The van der Waals surface area contributed by atoms with Crippen LogP contribution in [0.3, 0.4) is 0 Å². The van der Waals surface area contributed by atoms with Crippen LogP contribution in [0.15, 0.2) is 97.2 Å². The molecular weight excluding hydrogens is 386 g/mol. The van der Waals surface area contributed by atoms with Crippen LogP contribution >= 0.6 is 0 Å². The third kappa shape index (κ3) is 3.73. The first kappa shape index (κ1) is 18.0. The van der Waals surface area contributed by atoms with Crippen LogP contribution in [0.5, 0.6) is 0 Å². The van der Waals surface area contributed by atoms with Crippen LogP contribution in [0.1, 0.15) is 21.5 Å². The molecule has 4 aromatic rings. The van der Waals surface area contributed by atoms with Gasteiger partial charge in [-0.2, -0.15) is 4.57 Å². The highest BCUT2D eigenvalue weighted by atomic mass is 79.9. The highest BCUT2D eigenvalue weighted by molar-refractivity contribution is 6.08. The topological polar surface area (TPSA) is 20.9 Å². The van der Waals surface area contributed by atoms with Gasteiger partial charge in [-0.15, -0.1) is 0 Å². The van der Waals surface area contributed by atoms with Gasteiger partial charge >= 0.3 is 0 Å². The predicted octanol–water partition coefficient (Wildman–Crippen LogP) is 1.41. The van der Waals surface area contributed by atoms with Crippen molar-refractivity contribution >= 4 is 16.7 Å². The van der Waals surface area contributed by atoms with Crippen molar-refractivity contribution in [3.63, 3.8) is 0 Å². The van der Waals surface area contributed by atoms with E-state index in [-0.39, 0.29) is 22.8 Å². The lowest BCUT2D eigenvalue weighted by atomic mass is 10.0. The summed E-state index contributed by atoms with van der Waals surface area (Å²) in [5.74, 6) is 0.0602. The molecule has 128 valence electrons. The SMILES string of the molecule is O=C(c1ccccc1)c1ccc(C[n+]2cccc3ccccc32)cc1.[Br-]. The van der Waals surface area contributed by atoms with Gasteiger partial charge in [0.1, 0.15) is 0 Å². The van der Waals surface area contributed by atoms with Gasteiger partial charge in [0.05, 0.1) is 0 Å². The average Bonchev–Trinajstić information content (AvgIpc) is 2.69. The largest absolute Gasteiger partial charge is 1.00 e. The monoisotopic (exact) mass is 403 g/mol. The average molecular weight is 404 g/mol. The molecule has 26 heavy (non-hydrogen) atoms. The van der Waals surface area contributed by atoms with Crippen LogP contribution in [-0.4, -0.2) is 5.78 Å². The van der Waals surface area contributed by atoms with E-state index in [1.54, 1.807) is 0 Å². The second kappa shape index (κ2) is 8.07. The summed E-state index contributed by atoms with van der Waals surface area (Å²) in [4.78, 5) is 12.5. The molecule has 4 rings (SSSR count). The van der Waals surface area contributed by atoms with Crippen LogP contribution in [0.2, 0.25) is 0 Å². The van der Waals surface area contributed by atoms with Gasteiger partial charge < -0.3 is 17.0 Å². The molecule has 1 heterocycles. The molecule has 0 amide bonds. The maximum Gasteiger partial charge on any atom is 0.212 e. The van der Waals surface area contributed by atoms with Gasteiger partial charge in [0.2, 0.25) is 5.52 Å². The summed E-state index contributed by atoms with van der Waals surface area (Å²) in [6.07, 6.45) is 2.09. The first-order chi connectivity index (χ1) is 12.3. The van der Waals surface area contributed by atoms with Crippen molar-refractivity contribution in [2.75, 3.05) is 0 Å². The van der Waals surface area contributed by atoms with Gasteiger partial charge in [-0.25, -0.2) is 0 Å². The zero-order chi connectivity index (χ0) is 17.1. The number of carbonyl (C=O) groups excluding carboxylic acids is 1. The van der Waals surface area contributed by atoms with Crippen molar-refractivity contribution in [3.05, 3.63) is 114 Å². The van der Waals surface area contributed by atoms with Crippen LogP contribution in [0.4, 0.5) is 0 Å². The van der Waals surface area contributed by atoms with Gasteiger partial charge in [0.25, 0.3) is 0 Å². The number of fused-ring (bicyclic) bond motifs is 1. The number of para-hydroxylation sites is 1. The van der Waals surface area contributed by atoms with Gasteiger partial charge in [0.15, 0.2) is 18.5 Å². The molecule has 0 N–H and O–H groups in total.